The highest BCUT2D eigenvalue weighted by atomic mass is 19.4. The Bertz CT molecular complexity index is 421. The van der Waals surface area contributed by atoms with Crippen LogP contribution in [0.2, 0.25) is 0 Å². The second-order valence-corrected chi connectivity index (χ2v) is 3.82. The molecule has 0 fully saturated rings. The Morgan fingerprint density at radius 1 is 1.15 bits per heavy atom. The third-order valence-corrected chi connectivity index (χ3v) is 2.27. The van der Waals surface area contributed by atoms with E-state index in [9.17, 15) is 18.0 Å². The molecular formula is C12H15F3N2O3. The standard InChI is InChI=1S/C12H15F3N2O3/c13-12(14,15)5-6-19-7-8-20-10-3-1-9(2-4-10)11(18)17-16/h1-4H,5-8,16H2,(H,17,18). The Morgan fingerprint density at radius 3 is 2.35 bits per heavy atom. The van der Waals surface area contributed by atoms with Crippen LogP contribution in [0.4, 0.5) is 13.2 Å². The number of nitrogen functional groups attached to an aromatic ring is 1. The molecule has 0 heterocycles. The van der Waals surface area contributed by atoms with Gasteiger partial charge in [-0.05, 0) is 24.3 Å². The molecule has 0 saturated carbocycles. The number of amides is 1. The van der Waals surface area contributed by atoms with E-state index in [4.69, 9.17) is 15.3 Å². The number of nitrogens with one attached hydrogen (secondary N) is 1. The molecule has 0 aliphatic rings. The number of alkyl halides is 3. The van der Waals surface area contributed by atoms with E-state index in [0.717, 1.165) is 0 Å². The largest absolute Gasteiger partial charge is 0.491 e. The van der Waals surface area contributed by atoms with E-state index in [-0.39, 0.29) is 19.8 Å². The minimum absolute atomic E-state index is 0.0567. The molecule has 0 spiro atoms. The Balaban J connectivity index is 2.21. The van der Waals surface area contributed by atoms with Gasteiger partial charge in [-0.3, -0.25) is 10.2 Å². The Morgan fingerprint density at radius 2 is 1.80 bits per heavy atom. The fourth-order valence-corrected chi connectivity index (χ4v) is 1.29. The summed E-state index contributed by atoms with van der Waals surface area (Å²) >= 11 is 0. The van der Waals surface area contributed by atoms with E-state index < -0.39 is 18.5 Å². The van der Waals surface area contributed by atoms with Crippen molar-refractivity contribution >= 4 is 5.91 Å². The van der Waals surface area contributed by atoms with Gasteiger partial charge in [-0.15, -0.1) is 0 Å². The zero-order chi connectivity index (χ0) is 15.0. The maximum absolute atomic E-state index is 11.8. The van der Waals surface area contributed by atoms with Gasteiger partial charge in [-0.2, -0.15) is 13.2 Å². The van der Waals surface area contributed by atoms with Crippen LogP contribution >= 0.6 is 0 Å². The fraction of sp³-hybridized carbons (Fsp3) is 0.417. The van der Waals surface area contributed by atoms with Gasteiger partial charge in [0.05, 0.1) is 19.6 Å². The summed E-state index contributed by atoms with van der Waals surface area (Å²) in [6.45, 7) is -0.204. The predicted molar refractivity (Wildman–Crippen MR) is 65.1 cm³/mol. The van der Waals surface area contributed by atoms with Crippen molar-refractivity contribution in [3.63, 3.8) is 0 Å². The number of hydrogen-bond acceptors (Lipinski definition) is 4. The Labute approximate surface area is 113 Å². The van der Waals surface area contributed by atoms with Crippen molar-refractivity contribution in [2.45, 2.75) is 12.6 Å². The number of halogens is 3. The zero-order valence-corrected chi connectivity index (χ0v) is 10.6. The van der Waals surface area contributed by atoms with Crippen molar-refractivity contribution in [1.29, 1.82) is 0 Å². The molecule has 1 rings (SSSR count). The summed E-state index contributed by atoms with van der Waals surface area (Å²) in [6, 6.07) is 6.14. The first-order valence-corrected chi connectivity index (χ1v) is 5.80. The van der Waals surface area contributed by atoms with Gasteiger partial charge in [0, 0.05) is 5.56 Å². The zero-order valence-electron chi connectivity index (χ0n) is 10.6. The number of nitrogens with two attached hydrogens (primary N) is 1. The van der Waals surface area contributed by atoms with Gasteiger partial charge in [0.1, 0.15) is 12.4 Å². The van der Waals surface area contributed by atoms with Gasteiger partial charge >= 0.3 is 6.18 Å². The highest BCUT2D eigenvalue weighted by Gasteiger charge is 2.26. The first kappa shape index (κ1) is 16.3. The molecule has 0 aromatic heterocycles. The van der Waals surface area contributed by atoms with Gasteiger partial charge in [-0.1, -0.05) is 0 Å². The van der Waals surface area contributed by atoms with Gasteiger partial charge in [-0.25, -0.2) is 5.84 Å². The van der Waals surface area contributed by atoms with E-state index in [1.165, 1.54) is 12.1 Å². The number of rotatable bonds is 7. The summed E-state index contributed by atoms with van der Waals surface area (Å²) in [7, 11) is 0. The van der Waals surface area contributed by atoms with Crippen LogP contribution in [0.25, 0.3) is 0 Å². The quantitative estimate of drug-likeness (QED) is 0.347. The summed E-state index contributed by atoms with van der Waals surface area (Å²) in [4.78, 5) is 11.1. The van der Waals surface area contributed by atoms with Crippen LogP contribution in [0.5, 0.6) is 5.75 Å². The molecule has 5 nitrogen and oxygen atoms in total. The molecule has 3 N–H and O–H groups in total. The normalized spacial score (nSPS) is 11.2. The average molecular weight is 292 g/mol. The summed E-state index contributed by atoms with van der Waals surface area (Å²) in [5.41, 5.74) is 2.36. The van der Waals surface area contributed by atoms with Crippen molar-refractivity contribution in [2.24, 2.45) is 5.84 Å². The van der Waals surface area contributed by atoms with E-state index in [1.54, 1.807) is 12.1 Å². The lowest BCUT2D eigenvalue weighted by Gasteiger charge is -2.09. The lowest BCUT2D eigenvalue weighted by Crippen LogP contribution is -2.29. The van der Waals surface area contributed by atoms with Crippen molar-refractivity contribution in [3.05, 3.63) is 29.8 Å². The molecule has 0 bridgehead atoms. The summed E-state index contributed by atoms with van der Waals surface area (Å²) < 4.78 is 45.5. The number of hydrazine groups is 1. The maximum atomic E-state index is 11.8. The molecular weight excluding hydrogens is 277 g/mol. The highest BCUT2D eigenvalue weighted by molar-refractivity contribution is 5.93. The average Bonchev–Trinajstić information content (AvgIpc) is 2.41. The van der Waals surface area contributed by atoms with E-state index >= 15 is 0 Å². The number of benzene rings is 1. The van der Waals surface area contributed by atoms with Crippen molar-refractivity contribution in [1.82, 2.24) is 5.43 Å². The molecule has 0 radical (unpaired) electrons. The molecule has 1 amide bonds. The summed E-state index contributed by atoms with van der Waals surface area (Å²) in [5.74, 6) is 5.03. The van der Waals surface area contributed by atoms with Crippen molar-refractivity contribution in [3.8, 4) is 5.75 Å². The van der Waals surface area contributed by atoms with Crippen LogP contribution in [0, 0.1) is 0 Å². The lowest BCUT2D eigenvalue weighted by atomic mass is 10.2. The van der Waals surface area contributed by atoms with Crippen LogP contribution in [0.15, 0.2) is 24.3 Å². The molecule has 112 valence electrons. The molecule has 1 aromatic rings. The molecule has 20 heavy (non-hydrogen) atoms. The monoisotopic (exact) mass is 292 g/mol. The molecule has 1 aromatic carbocycles. The van der Waals surface area contributed by atoms with Crippen LogP contribution in [0.1, 0.15) is 16.8 Å². The number of ether oxygens (including phenoxy) is 2. The maximum Gasteiger partial charge on any atom is 0.391 e. The third-order valence-electron chi connectivity index (χ3n) is 2.27. The van der Waals surface area contributed by atoms with Crippen molar-refractivity contribution < 1.29 is 27.4 Å². The number of hydrogen-bond donors (Lipinski definition) is 2. The SMILES string of the molecule is NNC(=O)c1ccc(OCCOCCC(F)(F)F)cc1. The smallest absolute Gasteiger partial charge is 0.391 e. The second kappa shape index (κ2) is 7.71. The van der Waals surface area contributed by atoms with Crippen molar-refractivity contribution in [2.75, 3.05) is 19.8 Å². The summed E-state index contributed by atoms with van der Waals surface area (Å²) in [5, 5.41) is 0. The minimum Gasteiger partial charge on any atom is -0.491 e. The van der Waals surface area contributed by atoms with Crippen LogP contribution < -0.4 is 16.0 Å². The van der Waals surface area contributed by atoms with Crippen LogP contribution in [0.3, 0.4) is 0 Å². The minimum atomic E-state index is -4.21. The van der Waals surface area contributed by atoms with Gasteiger partial charge in [0.2, 0.25) is 0 Å². The van der Waals surface area contributed by atoms with Gasteiger partial charge in [0.25, 0.3) is 5.91 Å². The van der Waals surface area contributed by atoms with Crippen LogP contribution in [-0.4, -0.2) is 31.9 Å². The molecule has 0 aliphatic heterocycles. The molecule has 0 atom stereocenters. The third kappa shape index (κ3) is 6.39. The van der Waals surface area contributed by atoms with E-state index in [1.807, 2.05) is 5.43 Å². The highest BCUT2D eigenvalue weighted by Crippen LogP contribution is 2.18. The van der Waals surface area contributed by atoms with Gasteiger partial charge in [0.15, 0.2) is 0 Å². The predicted octanol–water partition coefficient (Wildman–Crippen LogP) is 1.64. The lowest BCUT2D eigenvalue weighted by molar-refractivity contribution is -0.145. The first-order valence-electron chi connectivity index (χ1n) is 5.80. The second-order valence-electron chi connectivity index (χ2n) is 3.82. The van der Waals surface area contributed by atoms with E-state index in [0.29, 0.717) is 11.3 Å². The summed E-state index contributed by atoms with van der Waals surface area (Å²) in [6.07, 6.45) is -5.18. The molecule has 8 heteroatoms. The molecule has 0 saturated heterocycles. The van der Waals surface area contributed by atoms with E-state index in [2.05, 4.69) is 0 Å². The van der Waals surface area contributed by atoms with Gasteiger partial charge < -0.3 is 9.47 Å². The molecule has 0 unspecified atom stereocenters. The van der Waals surface area contributed by atoms with Crippen LogP contribution in [-0.2, 0) is 4.74 Å². The Hall–Kier alpha value is -1.80. The Kier molecular flexibility index (Phi) is 6.26. The number of carbonyl (C=O) groups is 1. The fourth-order valence-electron chi connectivity index (χ4n) is 1.29. The topological polar surface area (TPSA) is 73.6 Å². The first-order chi connectivity index (χ1) is 9.42. The molecule has 0 aliphatic carbocycles. The number of carbonyl (C=O) groups excluding carboxylic acids is 1.